The number of ether oxygens (including phenoxy) is 1. The van der Waals surface area contributed by atoms with Gasteiger partial charge in [-0.15, -0.1) is 0 Å². The Bertz CT molecular complexity index is 1380. The molecule has 0 saturated carbocycles. The molecule has 0 N–H and O–H groups in total. The summed E-state index contributed by atoms with van der Waals surface area (Å²) in [6.45, 7) is 6.38. The number of rotatable bonds is 4. The Labute approximate surface area is 197 Å². The normalized spacial score (nSPS) is 14.0. The maximum Gasteiger partial charge on any atom is 0.254 e. The molecule has 1 saturated heterocycles. The molecule has 0 spiro atoms. The van der Waals surface area contributed by atoms with Crippen molar-refractivity contribution < 1.29 is 13.9 Å². The summed E-state index contributed by atoms with van der Waals surface area (Å²) in [6.07, 6.45) is 0. The van der Waals surface area contributed by atoms with E-state index in [9.17, 15) is 9.18 Å². The number of hydrogen-bond acceptors (Lipinski definition) is 5. The number of piperazine rings is 1. The fourth-order valence-electron chi connectivity index (χ4n) is 4.52. The van der Waals surface area contributed by atoms with Crippen LogP contribution in [0.15, 0.2) is 54.6 Å². The number of pyridine rings is 1. The van der Waals surface area contributed by atoms with E-state index in [4.69, 9.17) is 4.74 Å². The number of benzene rings is 2. The quantitative estimate of drug-likeness (QED) is 0.459. The molecule has 174 valence electrons. The van der Waals surface area contributed by atoms with Crippen molar-refractivity contribution in [2.24, 2.45) is 0 Å². The van der Waals surface area contributed by atoms with Crippen LogP contribution in [-0.2, 0) is 0 Å². The van der Waals surface area contributed by atoms with E-state index in [2.05, 4.69) is 21.0 Å². The van der Waals surface area contributed by atoms with Gasteiger partial charge in [0.1, 0.15) is 11.6 Å². The molecule has 0 aliphatic carbocycles. The summed E-state index contributed by atoms with van der Waals surface area (Å²) in [7, 11) is 1.66. The fourth-order valence-corrected chi connectivity index (χ4v) is 4.52. The van der Waals surface area contributed by atoms with Gasteiger partial charge < -0.3 is 14.5 Å². The first-order chi connectivity index (χ1) is 16.4. The second-order valence-electron chi connectivity index (χ2n) is 8.47. The molecule has 2 aromatic carbocycles. The lowest BCUT2D eigenvalue weighted by Gasteiger charge is -2.36. The number of fused-ring (bicyclic) bond motifs is 1. The van der Waals surface area contributed by atoms with Crippen LogP contribution in [0.25, 0.3) is 16.7 Å². The first kappa shape index (κ1) is 21.9. The lowest BCUT2D eigenvalue weighted by atomic mass is 10.1. The Balaban J connectivity index is 1.44. The van der Waals surface area contributed by atoms with Crippen LogP contribution in [0.4, 0.5) is 10.1 Å². The van der Waals surface area contributed by atoms with E-state index in [1.165, 1.54) is 12.1 Å². The van der Waals surface area contributed by atoms with Gasteiger partial charge in [0.2, 0.25) is 0 Å². The predicted octanol–water partition coefficient (Wildman–Crippen LogP) is 4.15. The van der Waals surface area contributed by atoms with Gasteiger partial charge in [-0.25, -0.2) is 14.1 Å². The van der Waals surface area contributed by atoms with E-state index < -0.39 is 0 Å². The number of amides is 1. The maximum absolute atomic E-state index is 13.9. The van der Waals surface area contributed by atoms with Crippen LogP contribution in [0.3, 0.4) is 0 Å². The molecule has 2 aromatic heterocycles. The van der Waals surface area contributed by atoms with Gasteiger partial charge in [-0.1, -0.05) is 12.1 Å². The molecule has 3 heterocycles. The smallest absolute Gasteiger partial charge is 0.254 e. The summed E-state index contributed by atoms with van der Waals surface area (Å²) in [4.78, 5) is 22.4. The Kier molecular flexibility index (Phi) is 5.65. The van der Waals surface area contributed by atoms with Gasteiger partial charge in [0.15, 0.2) is 5.65 Å². The summed E-state index contributed by atoms with van der Waals surface area (Å²) >= 11 is 0. The number of nitrogens with zero attached hydrogens (tertiary/aromatic N) is 5. The van der Waals surface area contributed by atoms with E-state index in [-0.39, 0.29) is 11.7 Å². The third-order valence-electron chi connectivity index (χ3n) is 6.21. The summed E-state index contributed by atoms with van der Waals surface area (Å²) < 4.78 is 20.8. The van der Waals surface area contributed by atoms with E-state index in [0.29, 0.717) is 46.8 Å². The van der Waals surface area contributed by atoms with Gasteiger partial charge in [0, 0.05) is 43.6 Å². The lowest BCUT2D eigenvalue weighted by molar-refractivity contribution is 0.0748. The van der Waals surface area contributed by atoms with Crippen molar-refractivity contribution in [3.8, 4) is 11.4 Å². The van der Waals surface area contributed by atoms with Crippen molar-refractivity contribution in [1.29, 1.82) is 0 Å². The highest BCUT2D eigenvalue weighted by molar-refractivity contribution is 6.06. The Hall–Kier alpha value is -3.94. The van der Waals surface area contributed by atoms with Crippen LogP contribution < -0.4 is 9.64 Å². The molecule has 0 atom stereocenters. The molecule has 5 rings (SSSR count). The van der Waals surface area contributed by atoms with E-state index in [1.54, 1.807) is 23.9 Å². The number of aryl methyl sites for hydroxylation is 2. The van der Waals surface area contributed by atoms with Crippen molar-refractivity contribution in [2.75, 3.05) is 38.2 Å². The van der Waals surface area contributed by atoms with Crippen molar-refractivity contribution in [3.63, 3.8) is 0 Å². The van der Waals surface area contributed by atoms with Gasteiger partial charge in [-0.3, -0.25) is 4.79 Å². The Morgan fingerprint density at radius 1 is 0.971 bits per heavy atom. The standard InChI is InChI=1S/C26H26FN5O2/c1-17-14-23(24-18(2)29-32(25(24)28-17)21-8-4-6-19(27)15-21)26(33)31-12-10-30(11-13-31)20-7-5-9-22(16-20)34-3/h4-9,14-16H,10-13H2,1-3H3. The van der Waals surface area contributed by atoms with Crippen molar-refractivity contribution in [1.82, 2.24) is 19.7 Å². The summed E-state index contributed by atoms with van der Waals surface area (Å²) in [5.41, 5.74) is 4.19. The molecule has 0 unspecified atom stereocenters. The van der Waals surface area contributed by atoms with Crippen LogP contribution in [0.1, 0.15) is 21.7 Å². The molecular formula is C26H26FN5O2. The van der Waals surface area contributed by atoms with Crippen LogP contribution >= 0.6 is 0 Å². The zero-order valence-electron chi connectivity index (χ0n) is 19.5. The zero-order valence-corrected chi connectivity index (χ0v) is 19.5. The van der Waals surface area contributed by atoms with Crippen LogP contribution in [0, 0.1) is 19.7 Å². The highest BCUT2D eigenvalue weighted by Crippen LogP contribution is 2.27. The molecule has 34 heavy (non-hydrogen) atoms. The van der Waals surface area contributed by atoms with Crippen LogP contribution in [0.2, 0.25) is 0 Å². The van der Waals surface area contributed by atoms with Gasteiger partial charge in [-0.05, 0) is 50.2 Å². The minimum absolute atomic E-state index is 0.0392. The number of hydrogen-bond donors (Lipinski definition) is 0. The highest BCUT2D eigenvalue weighted by Gasteiger charge is 2.26. The molecule has 0 radical (unpaired) electrons. The van der Waals surface area contributed by atoms with Crippen molar-refractivity contribution in [2.45, 2.75) is 13.8 Å². The summed E-state index contributed by atoms with van der Waals surface area (Å²) in [6, 6.07) is 16.0. The Morgan fingerprint density at radius 2 is 1.71 bits per heavy atom. The first-order valence-electron chi connectivity index (χ1n) is 11.3. The second kappa shape index (κ2) is 8.78. The van der Waals surface area contributed by atoms with Gasteiger partial charge in [0.25, 0.3) is 5.91 Å². The maximum atomic E-state index is 13.9. The zero-order chi connectivity index (χ0) is 23.8. The van der Waals surface area contributed by atoms with Crippen LogP contribution in [0.5, 0.6) is 5.75 Å². The van der Waals surface area contributed by atoms with Crippen molar-refractivity contribution in [3.05, 3.63) is 77.4 Å². The number of methoxy groups -OCH3 is 1. The molecular weight excluding hydrogens is 433 g/mol. The Morgan fingerprint density at radius 3 is 2.44 bits per heavy atom. The van der Waals surface area contributed by atoms with Crippen LogP contribution in [-0.4, -0.2) is 58.9 Å². The monoisotopic (exact) mass is 459 g/mol. The van der Waals surface area contributed by atoms with Gasteiger partial charge in [0.05, 0.1) is 29.4 Å². The number of carbonyl (C=O) groups excluding carboxylic acids is 1. The topological polar surface area (TPSA) is 63.5 Å². The highest BCUT2D eigenvalue weighted by atomic mass is 19.1. The molecule has 7 nitrogen and oxygen atoms in total. The first-order valence-corrected chi connectivity index (χ1v) is 11.3. The molecule has 1 aliphatic heterocycles. The lowest BCUT2D eigenvalue weighted by Crippen LogP contribution is -2.48. The predicted molar refractivity (Wildman–Crippen MR) is 129 cm³/mol. The van der Waals surface area contributed by atoms with E-state index in [0.717, 1.165) is 24.5 Å². The molecule has 1 amide bonds. The minimum Gasteiger partial charge on any atom is -0.497 e. The van der Waals surface area contributed by atoms with Gasteiger partial charge in [-0.2, -0.15) is 5.10 Å². The fraction of sp³-hybridized carbons (Fsp3) is 0.269. The molecule has 8 heteroatoms. The molecule has 1 fully saturated rings. The number of halogens is 1. The summed E-state index contributed by atoms with van der Waals surface area (Å²) in [5.74, 6) is 0.427. The molecule has 0 bridgehead atoms. The third-order valence-corrected chi connectivity index (χ3v) is 6.21. The van der Waals surface area contributed by atoms with Crippen molar-refractivity contribution >= 4 is 22.6 Å². The van der Waals surface area contributed by atoms with E-state index in [1.807, 2.05) is 43.0 Å². The third kappa shape index (κ3) is 3.96. The SMILES string of the molecule is COc1cccc(N2CCN(C(=O)c3cc(C)nc4c3c(C)nn4-c3cccc(F)c3)CC2)c1. The average molecular weight is 460 g/mol. The average Bonchev–Trinajstić information content (AvgIpc) is 3.19. The number of anilines is 1. The van der Waals surface area contributed by atoms with Gasteiger partial charge >= 0.3 is 0 Å². The molecule has 4 aromatic rings. The molecule has 1 aliphatic rings. The largest absolute Gasteiger partial charge is 0.497 e. The van der Waals surface area contributed by atoms with E-state index >= 15 is 0 Å². The number of carbonyl (C=O) groups is 1. The number of aromatic nitrogens is 3. The minimum atomic E-state index is -0.350. The second-order valence-corrected chi connectivity index (χ2v) is 8.47. The summed E-state index contributed by atoms with van der Waals surface area (Å²) in [5, 5.41) is 5.30.